The summed E-state index contributed by atoms with van der Waals surface area (Å²) in [6.07, 6.45) is 17.4. The minimum atomic E-state index is -1.17. The average Bonchev–Trinajstić information content (AvgIpc) is 2.64. The Balaban J connectivity index is 3.57. The Labute approximate surface area is 166 Å². The summed E-state index contributed by atoms with van der Waals surface area (Å²) >= 11 is 0. The van der Waals surface area contributed by atoms with Gasteiger partial charge in [0, 0.05) is 0 Å². The van der Waals surface area contributed by atoms with E-state index in [9.17, 15) is 9.59 Å². The molecule has 0 spiro atoms. The van der Waals surface area contributed by atoms with E-state index in [2.05, 4.69) is 19.2 Å². The molecule has 0 rings (SSSR count). The van der Waals surface area contributed by atoms with E-state index in [-0.39, 0.29) is 0 Å². The molecule has 0 saturated carbocycles. The fourth-order valence-corrected chi connectivity index (χ4v) is 3.21. The quantitative estimate of drug-likeness (QED) is 0.198. The molecule has 0 bridgehead atoms. The molecule has 27 heavy (non-hydrogen) atoms. The van der Waals surface area contributed by atoms with E-state index in [1.54, 1.807) is 0 Å². The zero-order valence-corrected chi connectivity index (χ0v) is 17.8. The molecule has 2 N–H and O–H groups in total. The second-order valence-corrected chi connectivity index (χ2v) is 7.55. The van der Waals surface area contributed by atoms with Crippen LogP contribution in [-0.4, -0.2) is 29.8 Å². The third kappa shape index (κ3) is 17.9. The van der Waals surface area contributed by atoms with Crippen molar-refractivity contribution >= 4 is 12.1 Å². The van der Waals surface area contributed by atoms with Gasteiger partial charge in [0.25, 0.3) is 0 Å². The van der Waals surface area contributed by atoms with Gasteiger partial charge >= 0.3 is 12.1 Å². The molecule has 0 aromatic heterocycles. The lowest BCUT2D eigenvalue weighted by atomic mass is 10.1. The number of nitrogens with one attached hydrogen (secondary N) is 1. The summed E-state index contributed by atoms with van der Waals surface area (Å²) in [5.41, 5.74) is 0. The van der Waals surface area contributed by atoms with Gasteiger partial charge in [0.05, 0.1) is 6.61 Å². The molecule has 0 radical (unpaired) electrons. The standard InChI is InChI=1S/C22H43NO4/c1-3-5-7-8-9-10-11-12-13-14-15-17-19-27-21(24)20(23-22(25)26)18-16-6-4-2/h20,23H,3-19H2,1-2H3,(H,25,26). The van der Waals surface area contributed by atoms with E-state index in [1.165, 1.54) is 64.2 Å². The van der Waals surface area contributed by atoms with Crippen molar-refractivity contribution in [3.8, 4) is 0 Å². The molecule has 0 aromatic carbocycles. The number of hydrogen-bond donors (Lipinski definition) is 2. The number of amides is 1. The van der Waals surface area contributed by atoms with Crippen LogP contribution in [0.1, 0.15) is 117 Å². The number of unbranched alkanes of at least 4 members (excludes halogenated alkanes) is 13. The predicted molar refractivity (Wildman–Crippen MR) is 111 cm³/mol. The summed E-state index contributed by atoms with van der Waals surface area (Å²) in [5.74, 6) is -0.434. The molecule has 160 valence electrons. The van der Waals surface area contributed by atoms with Gasteiger partial charge in [-0.1, -0.05) is 104 Å². The highest BCUT2D eigenvalue weighted by Gasteiger charge is 2.21. The Morgan fingerprint density at radius 2 is 1.19 bits per heavy atom. The zero-order valence-electron chi connectivity index (χ0n) is 17.8. The molecular weight excluding hydrogens is 342 g/mol. The van der Waals surface area contributed by atoms with Crippen LogP contribution in [0.2, 0.25) is 0 Å². The molecule has 5 heteroatoms. The van der Waals surface area contributed by atoms with Crippen molar-refractivity contribution in [1.29, 1.82) is 0 Å². The zero-order chi connectivity index (χ0) is 20.2. The van der Waals surface area contributed by atoms with E-state index >= 15 is 0 Å². The minimum Gasteiger partial charge on any atom is -0.465 e. The topological polar surface area (TPSA) is 75.6 Å². The Bertz CT molecular complexity index is 360. The van der Waals surface area contributed by atoms with Crippen LogP contribution >= 0.6 is 0 Å². The van der Waals surface area contributed by atoms with Crippen LogP contribution in [-0.2, 0) is 9.53 Å². The number of ether oxygens (including phenoxy) is 1. The van der Waals surface area contributed by atoms with Crippen LogP contribution in [0.25, 0.3) is 0 Å². The van der Waals surface area contributed by atoms with E-state index in [0.29, 0.717) is 13.0 Å². The van der Waals surface area contributed by atoms with Gasteiger partial charge in [0.1, 0.15) is 6.04 Å². The van der Waals surface area contributed by atoms with Crippen molar-refractivity contribution in [3.63, 3.8) is 0 Å². The van der Waals surface area contributed by atoms with Gasteiger partial charge in [-0.15, -0.1) is 0 Å². The van der Waals surface area contributed by atoms with Gasteiger partial charge in [-0.05, 0) is 12.8 Å². The number of carbonyl (C=O) groups excluding carboxylic acids is 1. The molecule has 1 unspecified atom stereocenters. The second-order valence-electron chi connectivity index (χ2n) is 7.55. The minimum absolute atomic E-state index is 0.391. The first kappa shape index (κ1) is 25.7. The maximum Gasteiger partial charge on any atom is 0.405 e. The van der Waals surface area contributed by atoms with Gasteiger partial charge < -0.3 is 15.2 Å². The third-order valence-electron chi connectivity index (χ3n) is 4.92. The van der Waals surface area contributed by atoms with E-state index in [4.69, 9.17) is 9.84 Å². The predicted octanol–water partition coefficient (Wildman–Crippen LogP) is 6.45. The van der Waals surface area contributed by atoms with Crippen molar-refractivity contribution < 1.29 is 19.4 Å². The van der Waals surface area contributed by atoms with Crippen LogP contribution in [0.15, 0.2) is 0 Å². The molecule has 0 fully saturated rings. The van der Waals surface area contributed by atoms with Crippen LogP contribution in [0.3, 0.4) is 0 Å². The number of esters is 1. The van der Waals surface area contributed by atoms with Gasteiger partial charge in [0.15, 0.2) is 0 Å². The second kappa shape index (κ2) is 19.5. The maximum absolute atomic E-state index is 12.0. The SMILES string of the molecule is CCCCCCCCCCCCCCOC(=O)C(CCCCC)NC(=O)O. The van der Waals surface area contributed by atoms with Crippen molar-refractivity contribution in [1.82, 2.24) is 5.32 Å². The van der Waals surface area contributed by atoms with Crippen molar-refractivity contribution in [2.75, 3.05) is 6.61 Å². The lowest BCUT2D eigenvalue weighted by Crippen LogP contribution is -2.41. The summed E-state index contributed by atoms with van der Waals surface area (Å²) in [6, 6.07) is -0.730. The smallest absolute Gasteiger partial charge is 0.405 e. The van der Waals surface area contributed by atoms with Crippen LogP contribution in [0.5, 0.6) is 0 Å². The highest BCUT2D eigenvalue weighted by atomic mass is 16.5. The van der Waals surface area contributed by atoms with Gasteiger partial charge in [0.2, 0.25) is 0 Å². The van der Waals surface area contributed by atoms with Crippen LogP contribution in [0, 0.1) is 0 Å². The lowest BCUT2D eigenvalue weighted by molar-refractivity contribution is -0.146. The largest absolute Gasteiger partial charge is 0.465 e. The molecule has 1 amide bonds. The molecule has 1 atom stereocenters. The van der Waals surface area contributed by atoms with Crippen LogP contribution < -0.4 is 5.32 Å². The molecule has 0 heterocycles. The number of carboxylic acid groups (broad SMARTS) is 1. The van der Waals surface area contributed by atoms with E-state index < -0.39 is 18.1 Å². The fourth-order valence-electron chi connectivity index (χ4n) is 3.21. The summed E-state index contributed by atoms with van der Waals surface area (Å²) in [6.45, 7) is 4.72. The maximum atomic E-state index is 12.0. The van der Waals surface area contributed by atoms with Gasteiger partial charge in [-0.25, -0.2) is 9.59 Å². The van der Waals surface area contributed by atoms with Gasteiger partial charge in [-0.3, -0.25) is 0 Å². The molecule has 0 aromatic rings. The molecule has 0 aliphatic carbocycles. The van der Waals surface area contributed by atoms with Crippen molar-refractivity contribution in [2.45, 2.75) is 123 Å². The highest BCUT2D eigenvalue weighted by Crippen LogP contribution is 2.12. The first-order valence-electron chi connectivity index (χ1n) is 11.3. The third-order valence-corrected chi connectivity index (χ3v) is 4.92. The monoisotopic (exact) mass is 385 g/mol. The van der Waals surface area contributed by atoms with Crippen LogP contribution in [0.4, 0.5) is 4.79 Å². The average molecular weight is 386 g/mol. The normalized spacial score (nSPS) is 11.9. The first-order valence-corrected chi connectivity index (χ1v) is 11.3. The Kier molecular flexibility index (Phi) is 18.6. The van der Waals surface area contributed by atoms with Crippen molar-refractivity contribution in [3.05, 3.63) is 0 Å². The summed E-state index contributed by atoms with van der Waals surface area (Å²) in [4.78, 5) is 22.8. The fraction of sp³-hybridized carbons (Fsp3) is 0.909. The molecule has 0 aliphatic heterocycles. The molecular formula is C22H43NO4. The summed E-state index contributed by atoms with van der Waals surface area (Å²) < 4.78 is 5.26. The van der Waals surface area contributed by atoms with Crippen molar-refractivity contribution in [2.24, 2.45) is 0 Å². The Hall–Kier alpha value is -1.26. The molecule has 5 nitrogen and oxygen atoms in total. The van der Waals surface area contributed by atoms with E-state index in [0.717, 1.165) is 32.1 Å². The Morgan fingerprint density at radius 1 is 0.741 bits per heavy atom. The lowest BCUT2D eigenvalue weighted by Gasteiger charge is -2.15. The summed E-state index contributed by atoms with van der Waals surface area (Å²) in [5, 5.41) is 11.1. The molecule has 0 aliphatic rings. The number of rotatable bonds is 19. The Morgan fingerprint density at radius 3 is 1.67 bits per heavy atom. The summed E-state index contributed by atoms with van der Waals surface area (Å²) in [7, 11) is 0. The van der Waals surface area contributed by atoms with E-state index in [1.807, 2.05) is 0 Å². The highest BCUT2D eigenvalue weighted by molar-refractivity contribution is 5.80. The molecule has 0 saturated heterocycles. The number of hydrogen-bond acceptors (Lipinski definition) is 3. The van der Waals surface area contributed by atoms with Gasteiger partial charge in [-0.2, -0.15) is 0 Å². The number of carbonyl (C=O) groups is 2. The first-order chi connectivity index (χ1) is 13.1.